The molecule has 2 aromatic carbocycles. The van der Waals surface area contributed by atoms with Crippen molar-refractivity contribution in [3.8, 4) is 0 Å². The lowest BCUT2D eigenvalue weighted by Crippen LogP contribution is -2.43. The van der Waals surface area contributed by atoms with E-state index in [0.29, 0.717) is 18.6 Å². The van der Waals surface area contributed by atoms with Crippen molar-refractivity contribution in [3.05, 3.63) is 68.2 Å². The maximum absolute atomic E-state index is 13.6. The van der Waals surface area contributed by atoms with Gasteiger partial charge in [0.15, 0.2) is 0 Å². The number of anilines is 1. The summed E-state index contributed by atoms with van der Waals surface area (Å²) in [6.45, 7) is 10.2. The minimum atomic E-state index is -0.824. The van der Waals surface area contributed by atoms with Crippen LogP contribution in [0.15, 0.2) is 41.6 Å². The number of rotatable bonds is 5. The minimum Gasteiger partial charge on any atom is -0.326 e. The minimum absolute atomic E-state index is 0.0276. The van der Waals surface area contributed by atoms with Crippen LogP contribution in [-0.4, -0.2) is 22.5 Å². The lowest BCUT2D eigenvalue weighted by Gasteiger charge is -2.39. The topological polar surface area (TPSA) is 111 Å². The molecule has 2 aliphatic carbocycles. The highest BCUT2D eigenvalue weighted by Crippen LogP contribution is 2.71. The van der Waals surface area contributed by atoms with Gasteiger partial charge in [0.1, 0.15) is 5.02 Å². The zero-order valence-corrected chi connectivity index (χ0v) is 21.2. The first-order chi connectivity index (χ1) is 16.3. The number of hydrogen-bond donors (Lipinski definition) is 1. The summed E-state index contributed by atoms with van der Waals surface area (Å²) in [5.41, 5.74) is 1.64. The van der Waals surface area contributed by atoms with Crippen LogP contribution in [0.25, 0.3) is 0 Å². The predicted molar refractivity (Wildman–Crippen MR) is 134 cm³/mol. The van der Waals surface area contributed by atoms with Crippen LogP contribution in [0.1, 0.15) is 61.5 Å². The maximum atomic E-state index is 13.6. The molecule has 0 spiro atoms. The SMILES string of the molecule is Cc1ccc(NC(=O)C23CCC(C)(C(=NOC(=O)c4ccc(Cl)c([N+](=O)[O-])c4)C2)C3(C)C)cc1C. The Morgan fingerprint density at radius 1 is 1.09 bits per heavy atom. The van der Waals surface area contributed by atoms with Crippen molar-refractivity contribution in [1.82, 2.24) is 0 Å². The summed E-state index contributed by atoms with van der Waals surface area (Å²) in [6, 6.07) is 9.53. The van der Waals surface area contributed by atoms with Crippen LogP contribution in [0.4, 0.5) is 11.4 Å². The van der Waals surface area contributed by atoms with Gasteiger partial charge in [0.2, 0.25) is 5.91 Å². The van der Waals surface area contributed by atoms with E-state index in [4.69, 9.17) is 16.4 Å². The average molecular weight is 498 g/mol. The Labute approximate surface area is 208 Å². The van der Waals surface area contributed by atoms with Crippen molar-refractivity contribution >= 4 is 40.6 Å². The van der Waals surface area contributed by atoms with Crippen molar-refractivity contribution in [2.45, 2.75) is 53.9 Å². The summed E-state index contributed by atoms with van der Waals surface area (Å²) in [6.07, 6.45) is 1.79. The Morgan fingerprint density at radius 2 is 1.80 bits per heavy atom. The Bertz CT molecular complexity index is 1290. The summed E-state index contributed by atoms with van der Waals surface area (Å²) in [5.74, 6) is -0.894. The van der Waals surface area contributed by atoms with Crippen LogP contribution in [0.5, 0.6) is 0 Å². The third-order valence-electron chi connectivity index (χ3n) is 8.55. The zero-order chi connectivity index (χ0) is 25.8. The number of hydrogen-bond acceptors (Lipinski definition) is 6. The van der Waals surface area contributed by atoms with E-state index in [2.05, 4.69) is 24.3 Å². The van der Waals surface area contributed by atoms with Gasteiger partial charge in [-0.25, -0.2) is 4.79 Å². The monoisotopic (exact) mass is 497 g/mol. The Hall–Kier alpha value is -3.26. The van der Waals surface area contributed by atoms with Gasteiger partial charge in [-0.3, -0.25) is 14.9 Å². The smallest absolute Gasteiger partial charge is 0.326 e. The molecular weight excluding hydrogens is 470 g/mol. The molecule has 1 amide bonds. The molecule has 35 heavy (non-hydrogen) atoms. The summed E-state index contributed by atoms with van der Waals surface area (Å²) in [7, 11) is 0. The number of carbonyl (C=O) groups is 2. The van der Waals surface area contributed by atoms with E-state index in [1.54, 1.807) is 0 Å². The number of fused-ring (bicyclic) bond motifs is 2. The highest BCUT2D eigenvalue weighted by molar-refractivity contribution is 6.32. The van der Waals surface area contributed by atoms with Crippen molar-refractivity contribution < 1.29 is 19.3 Å². The molecule has 9 heteroatoms. The third kappa shape index (κ3) is 3.80. The number of oxime groups is 1. The molecule has 2 aromatic rings. The third-order valence-corrected chi connectivity index (χ3v) is 8.87. The van der Waals surface area contributed by atoms with Crippen molar-refractivity contribution in [3.63, 3.8) is 0 Å². The van der Waals surface area contributed by atoms with Gasteiger partial charge in [0.25, 0.3) is 5.69 Å². The maximum Gasteiger partial charge on any atom is 0.365 e. The summed E-state index contributed by atoms with van der Waals surface area (Å²) < 4.78 is 0. The molecule has 2 fully saturated rings. The van der Waals surface area contributed by atoms with Gasteiger partial charge in [-0.1, -0.05) is 43.6 Å². The van der Waals surface area contributed by atoms with Gasteiger partial charge in [0, 0.05) is 23.6 Å². The van der Waals surface area contributed by atoms with Gasteiger partial charge in [-0.05, 0) is 67.5 Å². The van der Waals surface area contributed by atoms with Crippen molar-refractivity contribution in [2.75, 3.05) is 5.32 Å². The average Bonchev–Trinajstić information content (AvgIpc) is 3.10. The second-order valence-corrected chi connectivity index (χ2v) is 10.7. The number of amides is 1. The molecule has 8 nitrogen and oxygen atoms in total. The molecule has 0 aliphatic heterocycles. The fourth-order valence-corrected chi connectivity index (χ4v) is 5.71. The quantitative estimate of drug-likeness (QED) is 0.299. The highest BCUT2D eigenvalue weighted by Gasteiger charge is 2.71. The molecule has 0 aromatic heterocycles. The number of carbonyl (C=O) groups excluding carboxylic acids is 2. The number of benzene rings is 2. The molecule has 2 saturated carbocycles. The molecule has 0 saturated heterocycles. The first kappa shape index (κ1) is 24.9. The first-order valence-electron chi connectivity index (χ1n) is 11.4. The molecule has 2 atom stereocenters. The summed E-state index contributed by atoms with van der Waals surface area (Å²) in [4.78, 5) is 41.9. The van der Waals surface area contributed by atoms with Crippen LogP contribution in [0.3, 0.4) is 0 Å². The van der Waals surface area contributed by atoms with Gasteiger partial charge in [0.05, 0.1) is 21.6 Å². The molecule has 2 bridgehead atoms. The van der Waals surface area contributed by atoms with E-state index in [9.17, 15) is 19.7 Å². The number of aryl methyl sites for hydroxylation is 2. The molecule has 2 aliphatic rings. The number of nitro groups is 1. The lowest BCUT2D eigenvalue weighted by atomic mass is 9.64. The molecule has 2 unspecified atom stereocenters. The van der Waals surface area contributed by atoms with Crippen LogP contribution < -0.4 is 5.32 Å². The fraction of sp³-hybridized carbons (Fsp3) is 0.423. The van der Waals surface area contributed by atoms with Gasteiger partial charge in [-0.15, -0.1) is 0 Å². The zero-order valence-electron chi connectivity index (χ0n) is 20.4. The van der Waals surface area contributed by atoms with E-state index < -0.39 is 27.1 Å². The number of nitrogens with one attached hydrogen (secondary N) is 1. The van der Waals surface area contributed by atoms with Crippen LogP contribution in [0, 0.1) is 40.2 Å². The van der Waals surface area contributed by atoms with Crippen molar-refractivity contribution in [1.29, 1.82) is 0 Å². The van der Waals surface area contributed by atoms with Crippen molar-refractivity contribution in [2.24, 2.45) is 21.4 Å². The number of nitrogens with zero attached hydrogens (tertiary/aromatic N) is 2. The Balaban J connectivity index is 1.58. The standard InChI is InChI=1S/C26H28ClN3O5/c1-15-6-8-18(12-16(15)2)28-23(32)26-11-10-25(5,24(26,3)4)21(14-26)29-35-22(31)17-7-9-19(27)20(13-17)30(33)34/h6-9,12-13H,10-11,14H2,1-5H3,(H,28,32). The Morgan fingerprint density at radius 3 is 2.46 bits per heavy atom. The highest BCUT2D eigenvalue weighted by atomic mass is 35.5. The van der Waals surface area contributed by atoms with E-state index >= 15 is 0 Å². The fourth-order valence-electron chi connectivity index (χ4n) is 5.52. The van der Waals surface area contributed by atoms with Gasteiger partial charge >= 0.3 is 5.97 Å². The predicted octanol–water partition coefficient (Wildman–Crippen LogP) is 6.23. The molecule has 0 radical (unpaired) electrons. The molecule has 4 rings (SSSR count). The van der Waals surface area contributed by atoms with Crippen LogP contribution in [0.2, 0.25) is 5.02 Å². The largest absolute Gasteiger partial charge is 0.365 e. The van der Waals surface area contributed by atoms with E-state index in [1.165, 1.54) is 12.1 Å². The summed E-state index contributed by atoms with van der Waals surface area (Å²) in [5, 5.41) is 18.4. The van der Waals surface area contributed by atoms with Gasteiger partial charge < -0.3 is 10.2 Å². The van der Waals surface area contributed by atoms with Crippen LogP contribution in [-0.2, 0) is 9.63 Å². The number of nitro benzene ring substituents is 1. The van der Waals surface area contributed by atoms with Crippen LogP contribution >= 0.6 is 11.6 Å². The lowest BCUT2D eigenvalue weighted by molar-refractivity contribution is -0.384. The van der Waals surface area contributed by atoms with E-state index in [1.807, 2.05) is 39.0 Å². The number of halogens is 1. The molecular formula is C26H28ClN3O5. The summed E-state index contributed by atoms with van der Waals surface area (Å²) >= 11 is 5.83. The molecule has 184 valence electrons. The van der Waals surface area contributed by atoms with E-state index in [-0.39, 0.29) is 22.2 Å². The molecule has 1 N–H and O–H groups in total. The first-order valence-corrected chi connectivity index (χ1v) is 11.8. The van der Waals surface area contributed by atoms with E-state index in [0.717, 1.165) is 29.3 Å². The molecule has 0 heterocycles. The van der Waals surface area contributed by atoms with Gasteiger partial charge in [-0.2, -0.15) is 0 Å². The second kappa shape index (κ2) is 8.45. The Kier molecular flexibility index (Phi) is 6.00. The normalized spacial score (nSPS) is 25.5. The second-order valence-electron chi connectivity index (χ2n) is 10.3.